The molecule has 0 aliphatic carbocycles. The van der Waals surface area contributed by atoms with E-state index in [-0.39, 0.29) is 17.1 Å². The fourth-order valence-electron chi connectivity index (χ4n) is 4.00. The number of ether oxygens (including phenoxy) is 1. The second-order valence-corrected chi connectivity index (χ2v) is 11.4. The van der Waals surface area contributed by atoms with Gasteiger partial charge in [-0.25, -0.2) is 13.1 Å². The Balaban J connectivity index is 1.69. The van der Waals surface area contributed by atoms with Crippen LogP contribution >= 0.6 is 11.6 Å². The number of hydrogen-bond donors (Lipinski definition) is 1. The number of amides is 1. The van der Waals surface area contributed by atoms with E-state index in [2.05, 4.69) is 12.2 Å². The summed E-state index contributed by atoms with van der Waals surface area (Å²) in [6.45, 7) is 2.65. The zero-order chi connectivity index (χ0) is 26.4. The van der Waals surface area contributed by atoms with Gasteiger partial charge in [-0.1, -0.05) is 43.1 Å². The van der Waals surface area contributed by atoms with Gasteiger partial charge in [0.15, 0.2) is 9.84 Å². The Bertz CT molecular complexity index is 1460. The standard InChI is InChI=1S/C27H27ClN4O4S/c1-2-3-12-36-25-10-9-19(15-24(25)28)26-21(17-32(31-26)23-7-5-4-6-8-23)14-20(16-29)27(33)30-22-11-13-37(34,35)18-22/h4-10,14-15,17,22H,2-3,11-13,18H2,1H3,(H,30,33)/b20-14-. The molecule has 3 aromatic rings. The number of carbonyl (C=O) groups is 1. The zero-order valence-electron chi connectivity index (χ0n) is 20.4. The summed E-state index contributed by atoms with van der Waals surface area (Å²) in [5.74, 6) is -0.154. The molecule has 2 heterocycles. The second-order valence-electron chi connectivity index (χ2n) is 8.80. The summed E-state index contributed by atoms with van der Waals surface area (Å²) in [5, 5.41) is 17.6. The third-order valence-electron chi connectivity index (χ3n) is 5.96. The zero-order valence-corrected chi connectivity index (χ0v) is 21.9. The molecule has 0 saturated carbocycles. The van der Waals surface area contributed by atoms with Gasteiger partial charge in [0, 0.05) is 23.4 Å². The van der Waals surface area contributed by atoms with Crippen LogP contribution in [0, 0.1) is 11.3 Å². The maximum atomic E-state index is 12.8. The second kappa shape index (κ2) is 11.6. The van der Waals surface area contributed by atoms with Crippen molar-refractivity contribution in [2.24, 2.45) is 0 Å². The van der Waals surface area contributed by atoms with Gasteiger partial charge in [-0.15, -0.1) is 0 Å². The summed E-state index contributed by atoms with van der Waals surface area (Å²) < 4.78 is 30.9. The smallest absolute Gasteiger partial charge is 0.262 e. The summed E-state index contributed by atoms with van der Waals surface area (Å²) in [6, 6.07) is 16.2. The van der Waals surface area contributed by atoms with E-state index in [1.54, 1.807) is 23.0 Å². The molecule has 0 radical (unpaired) electrons. The Morgan fingerprint density at radius 2 is 2.08 bits per heavy atom. The van der Waals surface area contributed by atoms with Crippen molar-refractivity contribution in [2.45, 2.75) is 32.2 Å². The molecule has 1 saturated heterocycles. The number of nitrogens with zero attached hydrogens (tertiary/aromatic N) is 3. The summed E-state index contributed by atoms with van der Waals surface area (Å²) in [4.78, 5) is 12.8. The molecule has 1 amide bonds. The first-order valence-electron chi connectivity index (χ1n) is 12.0. The van der Waals surface area contributed by atoms with Crippen molar-refractivity contribution < 1.29 is 17.9 Å². The van der Waals surface area contributed by atoms with Crippen molar-refractivity contribution in [1.82, 2.24) is 15.1 Å². The summed E-state index contributed by atoms with van der Waals surface area (Å²) >= 11 is 6.50. The number of aromatic nitrogens is 2. The number of hydrogen-bond acceptors (Lipinski definition) is 6. The van der Waals surface area contributed by atoms with Crippen molar-refractivity contribution in [1.29, 1.82) is 5.26 Å². The van der Waals surface area contributed by atoms with Gasteiger partial charge < -0.3 is 10.1 Å². The van der Waals surface area contributed by atoms with E-state index in [4.69, 9.17) is 21.4 Å². The van der Waals surface area contributed by atoms with Crippen LogP contribution < -0.4 is 10.1 Å². The molecule has 4 rings (SSSR count). The average molecular weight is 539 g/mol. The molecular weight excluding hydrogens is 512 g/mol. The van der Waals surface area contributed by atoms with Crippen LogP contribution in [0.2, 0.25) is 5.02 Å². The summed E-state index contributed by atoms with van der Waals surface area (Å²) in [7, 11) is -3.17. The third-order valence-corrected chi connectivity index (χ3v) is 8.02. The average Bonchev–Trinajstić information content (AvgIpc) is 3.46. The molecule has 1 fully saturated rings. The molecule has 0 spiro atoms. The molecule has 37 heavy (non-hydrogen) atoms. The van der Waals surface area contributed by atoms with Crippen molar-refractivity contribution >= 4 is 33.4 Å². The normalized spacial score (nSPS) is 16.8. The van der Waals surface area contributed by atoms with Crippen LogP contribution in [0.4, 0.5) is 0 Å². The predicted molar refractivity (Wildman–Crippen MR) is 143 cm³/mol. The van der Waals surface area contributed by atoms with Gasteiger partial charge in [0.2, 0.25) is 0 Å². The number of rotatable bonds is 9. The fraction of sp³-hybridized carbons (Fsp3) is 0.296. The Morgan fingerprint density at radius 1 is 1.30 bits per heavy atom. The molecule has 0 bridgehead atoms. The molecule has 10 heteroatoms. The van der Waals surface area contributed by atoms with Crippen molar-refractivity contribution in [3.8, 4) is 28.8 Å². The third kappa shape index (κ3) is 6.59. The molecule has 1 aromatic heterocycles. The lowest BCUT2D eigenvalue weighted by atomic mass is 10.1. The Labute approximate surface area is 221 Å². The highest BCUT2D eigenvalue weighted by Crippen LogP contribution is 2.33. The van der Waals surface area contributed by atoms with E-state index in [1.165, 1.54) is 6.08 Å². The number of nitrogens with one attached hydrogen (secondary N) is 1. The largest absolute Gasteiger partial charge is 0.492 e. The Morgan fingerprint density at radius 3 is 2.73 bits per heavy atom. The molecule has 1 aliphatic rings. The number of para-hydroxylation sites is 1. The highest BCUT2D eigenvalue weighted by Gasteiger charge is 2.29. The van der Waals surface area contributed by atoms with E-state index in [9.17, 15) is 18.5 Å². The summed E-state index contributed by atoms with van der Waals surface area (Å²) in [5.41, 5.74) is 2.39. The van der Waals surface area contributed by atoms with Gasteiger partial charge in [0.05, 0.1) is 28.8 Å². The van der Waals surface area contributed by atoms with Crippen LogP contribution in [-0.2, 0) is 14.6 Å². The van der Waals surface area contributed by atoms with E-state index in [1.807, 2.05) is 42.5 Å². The molecular formula is C27H27ClN4O4S. The number of unbranched alkanes of at least 4 members (excludes halogenated alkanes) is 1. The SMILES string of the molecule is CCCCOc1ccc(-c2nn(-c3ccccc3)cc2/C=C(/C#N)C(=O)NC2CCS(=O)(=O)C2)cc1Cl. The van der Waals surface area contributed by atoms with Crippen LogP contribution in [-0.4, -0.2) is 48.3 Å². The Hall–Kier alpha value is -3.61. The van der Waals surface area contributed by atoms with Gasteiger partial charge in [0.25, 0.3) is 5.91 Å². The fourth-order valence-corrected chi connectivity index (χ4v) is 5.91. The number of sulfone groups is 1. The van der Waals surface area contributed by atoms with Crippen LogP contribution in [0.5, 0.6) is 5.75 Å². The topological polar surface area (TPSA) is 114 Å². The first-order chi connectivity index (χ1) is 17.8. The monoisotopic (exact) mass is 538 g/mol. The molecule has 2 aromatic carbocycles. The van der Waals surface area contributed by atoms with Gasteiger partial charge >= 0.3 is 0 Å². The van der Waals surface area contributed by atoms with Gasteiger partial charge in [0.1, 0.15) is 23.1 Å². The number of halogens is 1. The van der Waals surface area contributed by atoms with Gasteiger partial charge in [-0.3, -0.25) is 4.79 Å². The van der Waals surface area contributed by atoms with Gasteiger partial charge in [-0.2, -0.15) is 10.4 Å². The quantitative estimate of drug-likeness (QED) is 0.242. The van der Waals surface area contributed by atoms with Gasteiger partial charge in [-0.05, 0) is 49.2 Å². The van der Waals surface area contributed by atoms with Crippen molar-refractivity contribution in [3.05, 3.63) is 70.9 Å². The molecule has 8 nitrogen and oxygen atoms in total. The van der Waals surface area contributed by atoms with Crippen LogP contribution in [0.1, 0.15) is 31.7 Å². The van der Waals surface area contributed by atoms with Crippen LogP contribution in [0.25, 0.3) is 23.0 Å². The molecule has 1 N–H and O–H groups in total. The lowest BCUT2D eigenvalue weighted by molar-refractivity contribution is -0.117. The van der Waals surface area contributed by atoms with Crippen molar-refractivity contribution in [2.75, 3.05) is 18.1 Å². The Kier molecular flexibility index (Phi) is 8.31. The number of benzene rings is 2. The highest BCUT2D eigenvalue weighted by atomic mass is 35.5. The highest BCUT2D eigenvalue weighted by molar-refractivity contribution is 7.91. The van der Waals surface area contributed by atoms with E-state index in [0.29, 0.717) is 40.6 Å². The summed E-state index contributed by atoms with van der Waals surface area (Å²) in [6.07, 6.45) is 5.44. The minimum Gasteiger partial charge on any atom is -0.492 e. The molecule has 192 valence electrons. The minimum atomic E-state index is -3.17. The molecule has 1 unspecified atom stereocenters. The van der Waals surface area contributed by atoms with Crippen molar-refractivity contribution in [3.63, 3.8) is 0 Å². The van der Waals surface area contributed by atoms with Crippen LogP contribution in [0.15, 0.2) is 60.3 Å². The number of carbonyl (C=O) groups excluding carboxylic acids is 1. The van der Waals surface area contributed by atoms with E-state index in [0.717, 1.165) is 18.5 Å². The first kappa shape index (κ1) is 26.5. The molecule has 1 atom stereocenters. The first-order valence-corrected chi connectivity index (χ1v) is 14.2. The lowest BCUT2D eigenvalue weighted by Gasteiger charge is -2.10. The lowest BCUT2D eigenvalue weighted by Crippen LogP contribution is -2.36. The van der Waals surface area contributed by atoms with E-state index < -0.39 is 21.8 Å². The van der Waals surface area contributed by atoms with E-state index >= 15 is 0 Å². The maximum Gasteiger partial charge on any atom is 0.262 e. The number of nitriles is 1. The minimum absolute atomic E-state index is 0.0243. The maximum absolute atomic E-state index is 12.8. The predicted octanol–water partition coefficient (Wildman–Crippen LogP) is 4.58. The molecule has 1 aliphatic heterocycles. The van der Waals surface area contributed by atoms with Crippen LogP contribution in [0.3, 0.4) is 0 Å².